The van der Waals surface area contributed by atoms with E-state index >= 15 is 0 Å². The molecule has 0 bridgehead atoms. The smallest absolute Gasteiger partial charge is 0.382 e. The van der Waals surface area contributed by atoms with Crippen LogP contribution in [0, 0.1) is 6.92 Å². The first-order valence-corrected chi connectivity index (χ1v) is 9.77. The summed E-state index contributed by atoms with van der Waals surface area (Å²) in [6.07, 6.45) is -1.22. The van der Waals surface area contributed by atoms with Crippen molar-refractivity contribution in [2.24, 2.45) is 0 Å². The second-order valence-electron chi connectivity index (χ2n) is 7.81. The van der Waals surface area contributed by atoms with Crippen molar-refractivity contribution in [2.75, 3.05) is 38.5 Å². The second-order valence-corrected chi connectivity index (χ2v) is 7.81. The molecule has 1 aliphatic carbocycles. The lowest BCUT2D eigenvalue weighted by Crippen LogP contribution is -2.53. The fourth-order valence-electron chi connectivity index (χ4n) is 3.79. The third kappa shape index (κ3) is 5.50. The Labute approximate surface area is 163 Å². The Balaban J connectivity index is 1.48. The fourth-order valence-corrected chi connectivity index (χ4v) is 3.79. The van der Waals surface area contributed by atoms with Crippen LogP contribution in [0.3, 0.4) is 0 Å². The highest BCUT2D eigenvalue weighted by atomic mass is 19.4. The largest absolute Gasteiger partial charge is 0.433 e. The number of nitrogens with zero attached hydrogens (tertiary/aromatic N) is 3. The summed E-state index contributed by atoms with van der Waals surface area (Å²) in [7, 11) is 2.05. The number of urea groups is 1. The third-order valence-corrected chi connectivity index (χ3v) is 5.46. The van der Waals surface area contributed by atoms with Gasteiger partial charge in [-0.3, -0.25) is 0 Å². The maximum atomic E-state index is 12.9. The quantitative estimate of drug-likeness (QED) is 0.820. The number of hydrogen-bond acceptors (Lipinski definition) is 4. The van der Waals surface area contributed by atoms with Crippen molar-refractivity contribution in [1.82, 2.24) is 20.1 Å². The van der Waals surface area contributed by atoms with Gasteiger partial charge in [-0.05, 0) is 51.8 Å². The zero-order valence-corrected chi connectivity index (χ0v) is 16.4. The predicted molar refractivity (Wildman–Crippen MR) is 101 cm³/mol. The van der Waals surface area contributed by atoms with Crippen molar-refractivity contribution >= 4 is 11.7 Å². The Bertz CT molecular complexity index is 681. The molecule has 3 rings (SSSR count). The van der Waals surface area contributed by atoms with E-state index in [4.69, 9.17) is 0 Å². The van der Waals surface area contributed by atoms with E-state index in [1.165, 1.54) is 0 Å². The molecule has 0 unspecified atom stereocenters. The van der Waals surface area contributed by atoms with E-state index in [0.29, 0.717) is 11.4 Å². The molecule has 0 aromatic carbocycles. The van der Waals surface area contributed by atoms with E-state index in [9.17, 15) is 18.0 Å². The van der Waals surface area contributed by atoms with Crippen LogP contribution in [0.1, 0.15) is 37.1 Å². The number of carbonyl (C=O) groups excluding carboxylic acids is 1. The number of anilines is 1. The summed E-state index contributed by atoms with van der Waals surface area (Å²) < 4.78 is 38.8. The molecule has 28 heavy (non-hydrogen) atoms. The molecular formula is C19H28F3N5O. The number of likely N-dealkylation sites (N-methyl/N-ethyl adjacent to an activating group) is 1. The molecule has 0 atom stereocenters. The molecule has 2 amide bonds. The predicted octanol–water partition coefficient (Wildman–Crippen LogP) is 3.09. The second kappa shape index (κ2) is 8.55. The number of rotatable bonds is 3. The van der Waals surface area contributed by atoms with Crippen LogP contribution < -0.4 is 10.6 Å². The SMILES string of the molecule is Cc1cc(NC2CCC(NC(=O)N3CCN(C)CC3)CC2)cc(C(F)(F)F)n1. The van der Waals surface area contributed by atoms with Crippen molar-refractivity contribution < 1.29 is 18.0 Å². The van der Waals surface area contributed by atoms with Crippen LogP contribution in [0.5, 0.6) is 0 Å². The number of alkyl halides is 3. The van der Waals surface area contributed by atoms with Gasteiger partial charge in [0.2, 0.25) is 0 Å². The van der Waals surface area contributed by atoms with Gasteiger partial charge in [0, 0.05) is 49.6 Å². The van der Waals surface area contributed by atoms with Gasteiger partial charge in [0.05, 0.1) is 0 Å². The minimum Gasteiger partial charge on any atom is -0.382 e. The van der Waals surface area contributed by atoms with Gasteiger partial charge in [0.1, 0.15) is 5.69 Å². The monoisotopic (exact) mass is 399 g/mol. The highest BCUT2D eigenvalue weighted by Gasteiger charge is 2.33. The minimum atomic E-state index is -4.45. The normalized spacial score (nSPS) is 24.1. The summed E-state index contributed by atoms with van der Waals surface area (Å²) in [6, 6.07) is 2.91. The van der Waals surface area contributed by atoms with Crippen LogP contribution in [-0.2, 0) is 6.18 Å². The number of hydrogen-bond donors (Lipinski definition) is 2. The number of pyridine rings is 1. The van der Waals surface area contributed by atoms with E-state index in [1.54, 1.807) is 13.0 Å². The van der Waals surface area contributed by atoms with Gasteiger partial charge in [0.15, 0.2) is 0 Å². The molecular weight excluding hydrogens is 371 g/mol. The van der Waals surface area contributed by atoms with Gasteiger partial charge < -0.3 is 20.4 Å². The molecule has 1 aromatic rings. The molecule has 2 aliphatic rings. The van der Waals surface area contributed by atoms with Crippen LogP contribution in [0.15, 0.2) is 12.1 Å². The maximum Gasteiger partial charge on any atom is 0.433 e. The lowest BCUT2D eigenvalue weighted by molar-refractivity contribution is -0.141. The molecule has 9 heteroatoms. The summed E-state index contributed by atoms with van der Waals surface area (Å²) in [5.41, 5.74) is -0.0849. The molecule has 156 valence electrons. The molecule has 1 saturated heterocycles. The molecule has 1 aromatic heterocycles. The molecule has 1 saturated carbocycles. The highest BCUT2D eigenvalue weighted by Crippen LogP contribution is 2.31. The Morgan fingerprint density at radius 1 is 1.07 bits per heavy atom. The molecule has 0 spiro atoms. The zero-order valence-electron chi connectivity index (χ0n) is 16.4. The van der Waals surface area contributed by atoms with Crippen LogP contribution >= 0.6 is 0 Å². The topological polar surface area (TPSA) is 60.5 Å². The molecule has 6 nitrogen and oxygen atoms in total. The lowest BCUT2D eigenvalue weighted by atomic mass is 9.91. The van der Waals surface area contributed by atoms with Crippen LogP contribution in [0.2, 0.25) is 0 Å². The Kier molecular flexibility index (Phi) is 6.32. The van der Waals surface area contributed by atoms with Gasteiger partial charge in [-0.1, -0.05) is 0 Å². The van der Waals surface area contributed by atoms with E-state index in [0.717, 1.165) is 57.9 Å². The van der Waals surface area contributed by atoms with Gasteiger partial charge >= 0.3 is 12.2 Å². The summed E-state index contributed by atoms with van der Waals surface area (Å²) in [5.74, 6) is 0. The fraction of sp³-hybridized carbons (Fsp3) is 0.684. The van der Waals surface area contributed by atoms with Crippen molar-refractivity contribution in [3.8, 4) is 0 Å². The number of piperazine rings is 1. The zero-order chi connectivity index (χ0) is 20.3. The summed E-state index contributed by atoms with van der Waals surface area (Å²) in [6.45, 7) is 4.81. The van der Waals surface area contributed by atoms with E-state index < -0.39 is 11.9 Å². The summed E-state index contributed by atoms with van der Waals surface area (Å²) in [5, 5.41) is 6.32. The molecule has 1 aliphatic heterocycles. The first-order chi connectivity index (χ1) is 13.2. The Hall–Kier alpha value is -2.03. The summed E-state index contributed by atoms with van der Waals surface area (Å²) in [4.78, 5) is 20.0. The maximum absolute atomic E-state index is 12.9. The van der Waals surface area contributed by atoms with E-state index in [2.05, 4.69) is 20.5 Å². The van der Waals surface area contributed by atoms with Crippen LogP contribution in [0.4, 0.5) is 23.7 Å². The van der Waals surface area contributed by atoms with Crippen LogP contribution in [-0.4, -0.2) is 66.1 Å². The van der Waals surface area contributed by atoms with Gasteiger partial charge in [-0.15, -0.1) is 0 Å². The first kappa shape index (κ1) is 20.7. The molecule has 2 fully saturated rings. The lowest BCUT2D eigenvalue weighted by Gasteiger charge is -2.35. The third-order valence-electron chi connectivity index (χ3n) is 5.46. The van der Waals surface area contributed by atoms with E-state index in [1.807, 2.05) is 11.9 Å². The first-order valence-electron chi connectivity index (χ1n) is 9.77. The number of halogens is 3. The summed E-state index contributed by atoms with van der Waals surface area (Å²) >= 11 is 0. The number of carbonyl (C=O) groups is 1. The van der Waals surface area contributed by atoms with Crippen molar-refractivity contribution in [3.63, 3.8) is 0 Å². The highest BCUT2D eigenvalue weighted by molar-refractivity contribution is 5.74. The number of aryl methyl sites for hydroxylation is 1. The van der Waals surface area contributed by atoms with Crippen molar-refractivity contribution in [3.05, 3.63) is 23.5 Å². The van der Waals surface area contributed by atoms with Gasteiger partial charge in [-0.2, -0.15) is 13.2 Å². The Morgan fingerprint density at radius 2 is 1.68 bits per heavy atom. The standard InChI is InChI=1S/C19H28F3N5O/c1-13-11-16(12-17(23-13)19(20,21)22)24-14-3-5-15(6-4-14)25-18(28)27-9-7-26(2)8-10-27/h11-12,14-15H,3-10H2,1-2H3,(H,23,24)(H,25,28). The van der Waals surface area contributed by atoms with Gasteiger partial charge in [0.25, 0.3) is 0 Å². The minimum absolute atomic E-state index is 0.0101. The number of amides is 2. The Morgan fingerprint density at radius 3 is 2.29 bits per heavy atom. The van der Waals surface area contributed by atoms with E-state index in [-0.39, 0.29) is 18.1 Å². The molecule has 2 heterocycles. The molecule has 2 N–H and O–H groups in total. The average Bonchev–Trinajstić information content (AvgIpc) is 2.62. The number of nitrogens with one attached hydrogen (secondary N) is 2. The van der Waals surface area contributed by atoms with Crippen LogP contribution in [0.25, 0.3) is 0 Å². The van der Waals surface area contributed by atoms with Crippen molar-refractivity contribution in [2.45, 2.75) is 50.9 Å². The molecule has 0 radical (unpaired) electrons. The number of aromatic nitrogens is 1. The average molecular weight is 399 g/mol. The van der Waals surface area contributed by atoms with Crippen molar-refractivity contribution in [1.29, 1.82) is 0 Å². The van der Waals surface area contributed by atoms with Gasteiger partial charge in [-0.25, -0.2) is 9.78 Å².